The Balaban J connectivity index is 2.36. The van der Waals surface area contributed by atoms with Gasteiger partial charge in [0.15, 0.2) is 5.69 Å². The molecule has 0 aliphatic carbocycles. The van der Waals surface area contributed by atoms with Gasteiger partial charge in [-0.3, -0.25) is 0 Å². The highest BCUT2D eigenvalue weighted by molar-refractivity contribution is 9.10. The number of para-hydroxylation sites is 1. The smallest absolute Gasteiger partial charge is 0.357 e. The predicted molar refractivity (Wildman–Crippen MR) is 101 cm³/mol. The molecule has 7 nitrogen and oxygen atoms in total. The molecule has 138 valence electrons. The quantitative estimate of drug-likeness (QED) is 0.636. The molecule has 0 aliphatic rings. The van der Waals surface area contributed by atoms with Crippen LogP contribution in [0.5, 0.6) is 5.75 Å². The second kappa shape index (κ2) is 7.63. The van der Waals surface area contributed by atoms with Gasteiger partial charge < -0.3 is 14.6 Å². The number of phenols is 1. The second-order valence-electron chi connectivity index (χ2n) is 5.47. The van der Waals surface area contributed by atoms with E-state index < -0.39 is 11.9 Å². The van der Waals surface area contributed by atoms with Crippen molar-refractivity contribution in [3.05, 3.63) is 64.3 Å². The number of benzene rings is 2. The zero-order valence-corrected chi connectivity index (χ0v) is 16.1. The van der Waals surface area contributed by atoms with Crippen molar-refractivity contribution < 1.29 is 24.2 Å². The normalized spacial score (nSPS) is 10.5. The van der Waals surface area contributed by atoms with Crippen LogP contribution in [0.1, 0.15) is 20.8 Å². The Bertz CT molecular complexity index is 1010. The molecule has 8 heteroatoms. The van der Waals surface area contributed by atoms with Gasteiger partial charge >= 0.3 is 11.9 Å². The maximum Gasteiger partial charge on any atom is 0.357 e. The van der Waals surface area contributed by atoms with Crippen LogP contribution in [0.4, 0.5) is 0 Å². The van der Waals surface area contributed by atoms with Gasteiger partial charge in [-0.2, -0.15) is 5.10 Å². The number of phenolic OH excluding ortho intramolecular Hbond substituents is 1. The maximum absolute atomic E-state index is 12.5. The number of hydrogen-bond acceptors (Lipinski definition) is 6. The van der Waals surface area contributed by atoms with Crippen LogP contribution in [0.3, 0.4) is 0 Å². The van der Waals surface area contributed by atoms with E-state index in [9.17, 15) is 14.7 Å². The van der Waals surface area contributed by atoms with Gasteiger partial charge in [-0.15, -0.1) is 0 Å². The van der Waals surface area contributed by atoms with Gasteiger partial charge in [-0.1, -0.05) is 18.2 Å². The molecule has 3 rings (SSSR count). The van der Waals surface area contributed by atoms with E-state index in [2.05, 4.69) is 21.0 Å². The van der Waals surface area contributed by atoms with Crippen molar-refractivity contribution in [2.45, 2.75) is 0 Å². The molecule has 0 saturated heterocycles. The Morgan fingerprint density at radius 3 is 2.30 bits per heavy atom. The Morgan fingerprint density at radius 2 is 1.70 bits per heavy atom. The second-order valence-corrected chi connectivity index (χ2v) is 6.32. The molecule has 0 radical (unpaired) electrons. The molecule has 0 bridgehead atoms. The van der Waals surface area contributed by atoms with Crippen molar-refractivity contribution in [1.82, 2.24) is 9.78 Å². The average molecular weight is 431 g/mol. The topological polar surface area (TPSA) is 90.6 Å². The molecule has 1 aromatic heterocycles. The molecular weight excluding hydrogens is 416 g/mol. The van der Waals surface area contributed by atoms with E-state index in [4.69, 9.17) is 9.47 Å². The molecule has 0 spiro atoms. The van der Waals surface area contributed by atoms with E-state index in [1.807, 2.05) is 6.07 Å². The largest absolute Gasteiger partial charge is 0.507 e. The molecule has 0 saturated carbocycles. The number of nitrogens with zero attached hydrogens (tertiary/aromatic N) is 2. The number of aromatic hydroxyl groups is 1. The molecule has 0 unspecified atom stereocenters. The predicted octanol–water partition coefficient (Wildman–Crippen LogP) is 3.58. The molecular formula is C19H15BrN2O5. The summed E-state index contributed by atoms with van der Waals surface area (Å²) in [5.41, 5.74) is 1.25. The first-order chi connectivity index (χ1) is 13.0. The summed E-state index contributed by atoms with van der Waals surface area (Å²) in [6.07, 6.45) is 0. The van der Waals surface area contributed by atoms with Gasteiger partial charge in [0.05, 0.1) is 24.4 Å². The molecule has 0 fully saturated rings. The van der Waals surface area contributed by atoms with Gasteiger partial charge in [0.1, 0.15) is 17.0 Å². The van der Waals surface area contributed by atoms with E-state index >= 15 is 0 Å². The highest BCUT2D eigenvalue weighted by Gasteiger charge is 2.31. The van der Waals surface area contributed by atoms with Gasteiger partial charge in [-0.25, -0.2) is 14.3 Å². The molecule has 3 aromatic rings. The standard InChI is InChI=1S/C19H15BrN2O5/c1-26-18(24)15-16(11-8-9-14(23)13(20)10-11)21-22(17(15)19(25)27-2)12-6-4-3-5-7-12/h3-10,23H,1-2H3. The summed E-state index contributed by atoms with van der Waals surface area (Å²) in [5, 5.41) is 14.2. The van der Waals surface area contributed by atoms with Gasteiger partial charge in [0.25, 0.3) is 0 Å². The number of carbonyl (C=O) groups is 2. The van der Waals surface area contributed by atoms with E-state index in [0.717, 1.165) is 0 Å². The zero-order chi connectivity index (χ0) is 19.6. The van der Waals surface area contributed by atoms with Crippen LogP contribution in [0.15, 0.2) is 53.0 Å². The van der Waals surface area contributed by atoms with E-state index in [0.29, 0.717) is 15.7 Å². The molecule has 2 aromatic carbocycles. The number of rotatable bonds is 4. The van der Waals surface area contributed by atoms with Crippen LogP contribution < -0.4 is 0 Å². The SMILES string of the molecule is COC(=O)c1c(-c2ccc(O)c(Br)c2)nn(-c2ccccc2)c1C(=O)OC. The van der Waals surface area contributed by atoms with Gasteiger partial charge in [0, 0.05) is 5.56 Å². The minimum atomic E-state index is -0.726. The summed E-state index contributed by atoms with van der Waals surface area (Å²) in [6.45, 7) is 0. The fourth-order valence-corrected chi connectivity index (χ4v) is 2.99. The summed E-state index contributed by atoms with van der Waals surface area (Å²) in [6, 6.07) is 13.5. The Hall–Kier alpha value is -3.13. The van der Waals surface area contributed by atoms with Crippen LogP contribution >= 0.6 is 15.9 Å². The Morgan fingerprint density at radius 1 is 1.04 bits per heavy atom. The third kappa shape index (κ3) is 3.43. The van der Waals surface area contributed by atoms with E-state index in [-0.39, 0.29) is 22.7 Å². The fraction of sp³-hybridized carbons (Fsp3) is 0.105. The number of carbonyl (C=O) groups excluding carboxylic acids is 2. The lowest BCUT2D eigenvalue weighted by Crippen LogP contribution is -2.15. The van der Waals surface area contributed by atoms with Crippen LogP contribution in [-0.2, 0) is 9.47 Å². The molecule has 0 atom stereocenters. The minimum Gasteiger partial charge on any atom is -0.507 e. The third-order valence-corrected chi connectivity index (χ3v) is 4.51. The van der Waals surface area contributed by atoms with Crippen LogP contribution in [-0.4, -0.2) is 41.0 Å². The number of halogens is 1. The lowest BCUT2D eigenvalue weighted by atomic mass is 10.1. The summed E-state index contributed by atoms with van der Waals surface area (Å²) < 4.78 is 11.5. The van der Waals surface area contributed by atoms with E-state index in [1.54, 1.807) is 36.4 Å². The molecule has 27 heavy (non-hydrogen) atoms. The van der Waals surface area contributed by atoms with Gasteiger partial charge in [0.2, 0.25) is 0 Å². The lowest BCUT2D eigenvalue weighted by molar-refractivity contribution is 0.0549. The highest BCUT2D eigenvalue weighted by atomic mass is 79.9. The fourth-order valence-electron chi connectivity index (χ4n) is 2.61. The summed E-state index contributed by atoms with van der Waals surface area (Å²) >= 11 is 3.24. The summed E-state index contributed by atoms with van der Waals surface area (Å²) in [7, 11) is 2.45. The Labute approximate surface area is 163 Å². The van der Waals surface area contributed by atoms with Gasteiger partial charge in [-0.05, 0) is 46.3 Å². The summed E-state index contributed by atoms with van der Waals surface area (Å²) in [4.78, 5) is 25.0. The first kappa shape index (κ1) is 18.7. The van der Waals surface area contributed by atoms with Crippen molar-refractivity contribution in [1.29, 1.82) is 0 Å². The van der Waals surface area contributed by atoms with Crippen LogP contribution in [0.2, 0.25) is 0 Å². The maximum atomic E-state index is 12.5. The monoisotopic (exact) mass is 430 g/mol. The third-order valence-electron chi connectivity index (χ3n) is 3.88. The van der Waals surface area contributed by atoms with E-state index in [1.165, 1.54) is 25.0 Å². The minimum absolute atomic E-state index is 0.0224. The van der Waals surface area contributed by atoms with Crippen molar-refractivity contribution in [3.8, 4) is 22.7 Å². The zero-order valence-electron chi connectivity index (χ0n) is 14.5. The molecule has 1 N–H and O–H groups in total. The van der Waals surface area contributed by atoms with Crippen molar-refractivity contribution in [2.24, 2.45) is 0 Å². The van der Waals surface area contributed by atoms with Crippen molar-refractivity contribution in [2.75, 3.05) is 14.2 Å². The van der Waals surface area contributed by atoms with Crippen molar-refractivity contribution >= 4 is 27.9 Å². The lowest BCUT2D eigenvalue weighted by Gasteiger charge is -2.07. The average Bonchev–Trinajstić information content (AvgIpc) is 3.10. The molecule has 0 amide bonds. The first-order valence-electron chi connectivity index (χ1n) is 7.82. The van der Waals surface area contributed by atoms with Crippen LogP contribution in [0.25, 0.3) is 16.9 Å². The number of hydrogen-bond donors (Lipinski definition) is 1. The number of methoxy groups -OCH3 is 2. The van der Waals surface area contributed by atoms with Crippen LogP contribution in [0, 0.1) is 0 Å². The summed E-state index contributed by atoms with van der Waals surface area (Å²) in [5.74, 6) is -1.42. The number of ether oxygens (including phenoxy) is 2. The first-order valence-corrected chi connectivity index (χ1v) is 8.61. The number of aromatic nitrogens is 2. The van der Waals surface area contributed by atoms with Crippen molar-refractivity contribution in [3.63, 3.8) is 0 Å². The highest BCUT2D eigenvalue weighted by Crippen LogP contribution is 2.33. The Kier molecular flexibility index (Phi) is 5.27. The molecule has 0 aliphatic heterocycles. The number of esters is 2. The molecule has 1 heterocycles.